The number of ether oxygens (including phenoxy) is 1. The number of carboxylic acid groups (broad SMARTS) is 1. The van der Waals surface area contributed by atoms with Crippen molar-refractivity contribution < 1.29 is 14.6 Å². The zero-order valence-corrected chi connectivity index (χ0v) is 13.8. The van der Waals surface area contributed by atoms with Gasteiger partial charge in [-0.15, -0.1) is 5.10 Å². The lowest BCUT2D eigenvalue weighted by atomic mass is 10.1. The number of benzene rings is 2. The highest BCUT2D eigenvalue weighted by molar-refractivity contribution is 5.89. The molecule has 0 atom stereocenters. The molecule has 8 nitrogen and oxygen atoms in total. The van der Waals surface area contributed by atoms with Gasteiger partial charge in [-0.05, 0) is 42.0 Å². The molecule has 1 heterocycles. The van der Waals surface area contributed by atoms with Gasteiger partial charge in [-0.2, -0.15) is 10.2 Å². The van der Waals surface area contributed by atoms with Crippen LogP contribution in [0.15, 0.2) is 59.8 Å². The topological polar surface area (TPSA) is 110 Å². The van der Waals surface area contributed by atoms with Crippen LogP contribution in [0.3, 0.4) is 0 Å². The fourth-order valence-electron chi connectivity index (χ4n) is 2.13. The maximum Gasteiger partial charge on any atom is 0.335 e. The molecule has 0 saturated heterocycles. The first-order valence-corrected chi connectivity index (χ1v) is 7.62. The van der Waals surface area contributed by atoms with Crippen molar-refractivity contribution in [2.24, 2.45) is 5.10 Å². The van der Waals surface area contributed by atoms with E-state index in [4.69, 9.17) is 9.84 Å². The van der Waals surface area contributed by atoms with E-state index in [2.05, 4.69) is 25.7 Å². The van der Waals surface area contributed by atoms with E-state index in [-0.39, 0.29) is 11.5 Å². The summed E-state index contributed by atoms with van der Waals surface area (Å²) in [5, 5.41) is 20.7. The molecular formula is C18H15N5O3. The number of rotatable bonds is 6. The van der Waals surface area contributed by atoms with Crippen LogP contribution in [-0.2, 0) is 0 Å². The molecule has 130 valence electrons. The van der Waals surface area contributed by atoms with E-state index < -0.39 is 5.97 Å². The second kappa shape index (κ2) is 7.84. The lowest BCUT2D eigenvalue weighted by Gasteiger charge is -2.04. The first-order chi connectivity index (χ1) is 12.7. The van der Waals surface area contributed by atoms with Gasteiger partial charge in [-0.1, -0.05) is 12.1 Å². The number of aromatic carboxylic acids is 1. The molecule has 3 aromatic rings. The van der Waals surface area contributed by atoms with E-state index in [1.807, 2.05) is 24.3 Å². The van der Waals surface area contributed by atoms with Crippen LogP contribution in [0.2, 0.25) is 0 Å². The van der Waals surface area contributed by atoms with Crippen molar-refractivity contribution >= 4 is 18.1 Å². The molecule has 0 radical (unpaired) electrons. The molecule has 0 aliphatic rings. The highest BCUT2D eigenvalue weighted by Crippen LogP contribution is 2.20. The van der Waals surface area contributed by atoms with Crippen LogP contribution in [0, 0.1) is 0 Å². The third-order valence-corrected chi connectivity index (χ3v) is 3.48. The van der Waals surface area contributed by atoms with Crippen molar-refractivity contribution in [2.45, 2.75) is 0 Å². The van der Waals surface area contributed by atoms with Gasteiger partial charge in [0.2, 0.25) is 0 Å². The zero-order valence-electron chi connectivity index (χ0n) is 13.8. The average Bonchev–Trinajstić information content (AvgIpc) is 2.69. The average molecular weight is 349 g/mol. The Morgan fingerprint density at radius 2 is 1.88 bits per heavy atom. The molecule has 0 aliphatic heterocycles. The van der Waals surface area contributed by atoms with Crippen molar-refractivity contribution in [3.63, 3.8) is 0 Å². The molecule has 2 aromatic carbocycles. The van der Waals surface area contributed by atoms with Gasteiger partial charge in [-0.25, -0.2) is 15.2 Å². The molecule has 0 unspecified atom stereocenters. The predicted octanol–water partition coefficient (Wildman–Crippen LogP) is 2.69. The number of nitrogens with zero attached hydrogens (tertiary/aromatic N) is 4. The van der Waals surface area contributed by atoms with Crippen LogP contribution in [0.1, 0.15) is 15.9 Å². The van der Waals surface area contributed by atoms with Crippen molar-refractivity contribution in [3.05, 3.63) is 65.9 Å². The lowest BCUT2D eigenvalue weighted by molar-refractivity contribution is 0.0697. The van der Waals surface area contributed by atoms with Crippen LogP contribution in [0.5, 0.6) is 5.75 Å². The van der Waals surface area contributed by atoms with Crippen molar-refractivity contribution in [1.82, 2.24) is 15.2 Å². The van der Waals surface area contributed by atoms with Gasteiger partial charge in [0.25, 0.3) is 5.95 Å². The number of nitrogens with one attached hydrogen (secondary N) is 1. The molecule has 2 N–H and O–H groups in total. The first-order valence-electron chi connectivity index (χ1n) is 7.62. The molecule has 26 heavy (non-hydrogen) atoms. The van der Waals surface area contributed by atoms with E-state index in [0.717, 1.165) is 16.9 Å². The molecule has 3 rings (SSSR count). The van der Waals surface area contributed by atoms with Gasteiger partial charge >= 0.3 is 5.97 Å². The largest absolute Gasteiger partial charge is 0.497 e. The molecule has 0 fully saturated rings. The number of carbonyl (C=O) groups is 1. The fourth-order valence-corrected chi connectivity index (χ4v) is 2.13. The third kappa shape index (κ3) is 4.18. The molecule has 8 heteroatoms. The van der Waals surface area contributed by atoms with Gasteiger partial charge in [0.1, 0.15) is 5.75 Å². The maximum atomic E-state index is 10.8. The summed E-state index contributed by atoms with van der Waals surface area (Å²) in [4.78, 5) is 15.2. The molecule has 0 amide bonds. The van der Waals surface area contributed by atoms with E-state index >= 15 is 0 Å². The maximum absolute atomic E-state index is 10.8. The molecular weight excluding hydrogens is 334 g/mol. The van der Waals surface area contributed by atoms with Gasteiger partial charge < -0.3 is 9.84 Å². The van der Waals surface area contributed by atoms with Crippen LogP contribution in [0.25, 0.3) is 11.3 Å². The van der Waals surface area contributed by atoms with Gasteiger partial charge in [-0.3, -0.25) is 0 Å². The van der Waals surface area contributed by atoms with Gasteiger partial charge in [0.05, 0.1) is 30.8 Å². The second-order valence-electron chi connectivity index (χ2n) is 5.19. The second-order valence-corrected chi connectivity index (χ2v) is 5.19. The lowest BCUT2D eigenvalue weighted by Crippen LogP contribution is -2.00. The number of hydrogen-bond donors (Lipinski definition) is 2. The highest BCUT2D eigenvalue weighted by Gasteiger charge is 2.04. The van der Waals surface area contributed by atoms with Crippen LogP contribution in [-0.4, -0.2) is 39.6 Å². The summed E-state index contributed by atoms with van der Waals surface area (Å²) in [6.07, 6.45) is 3.09. The van der Waals surface area contributed by atoms with Gasteiger partial charge in [0.15, 0.2) is 0 Å². The quantitative estimate of drug-likeness (QED) is 0.520. The Kier molecular flexibility index (Phi) is 5.14. The van der Waals surface area contributed by atoms with Crippen LogP contribution < -0.4 is 10.2 Å². The molecule has 0 spiro atoms. The Labute approximate surface area is 149 Å². The minimum absolute atomic E-state index is 0.217. The van der Waals surface area contributed by atoms with Crippen LogP contribution >= 0.6 is 0 Å². The number of carboxylic acids is 1. The number of anilines is 1. The number of hydrogen-bond acceptors (Lipinski definition) is 7. The summed E-state index contributed by atoms with van der Waals surface area (Å²) in [6.45, 7) is 0. The summed E-state index contributed by atoms with van der Waals surface area (Å²) in [6, 6.07) is 13.7. The summed E-state index contributed by atoms with van der Waals surface area (Å²) in [5.41, 5.74) is 5.18. The van der Waals surface area contributed by atoms with Crippen molar-refractivity contribution in [1.29, 1.82) is 0 Å². The highest BCUT2D eigenvalue weighted by atomic mass is 16.5. The van der Waals surface area contributed by atoms with E-state index in [1.54, 1.807) is 25.4 Å². The number of hydrazone groups is 1. The first kappa shape index (κ1) is 17.0. The van der Waals surface area contributed by atoms with E-state index in [0.29, 0.717) is 5.69 Å². The molecule has 0 bridgehead atoms. The smallest absolute Gasteiger partial charge is 0.335 e. The van der Waals surface area contributed by atoms with Crippen molar-refractivity contribution in [2.75, 3.05) is 12.5 Å². The van der Waals surface area contributed by atoms with Crippen LogP contribution in [0.4, 0.5) is 5.95 Å². The van der Waals surface area contributed by atoms with E-state index in [9.17, 15) is 4.79 Å². The summed E-state index contributed by atoms with van der Waals surface area (Å²) < 4.78 is 5.13. The summed E-state index contributed by atoms with van der Waals surface area (Å²) in [7, 11) is 1.61. The van der Waals surface area contributed by atoms with E-state index in [1.165, 1.54) is 18.3 Å². The standard InChI is InChI=1S/C18H15N5O3/c1-26-15-8-6-13(7-9-15)16-11-20-23-18(21-16)22-19-10-12-2-4-14(5-3-12)17(24)25/h2-11H,1H3,(H,24,25)(H,21,22,23)/b19-10+. The number of aromatic nitrogens is 3. The minimum Gasteiger partial charge on any atom is -0.497 e. The Bertz CT molecular complexity index is 924. The Morgan fingerprint density at radius 1 is 1.15 bits per heavy atom. The minimum atomic E-state index is -0.971. The summed E-state index contributed by atoms with van der Waals surface area (Å²) in [5.74, 6) is 0.0331. The fraction of sp³-hybridized carbons (Fsp3) is 0.0556. The Hall–Kier alpha value is -3.81. The Balaban J connectivity index is 1.69. The molecule has 0 aliphatic carbocycles. The molecule has 0 saturated carbocycles. The summed E-state index contributed by atoms with van der Waals surface area (Å²) >= 11 is 0. The monoisotopic (exact) mass is 349 g/mol. The number of methoxy groups -OCH3 is 1. The predicted molar refractivity (Wildman–Crippen MR) is 96.4 cm³/mol. The third-order valence-electron chi connectivity index (χ3n) is 3.48. The van der Waals surface area contributed by atoms with Gasteiger partial charge in [0, 0.05) is 5.56 Å². The Morgan fingerprint density at radius 3 is 2.54 bits per heavy atom. The molecule has 1 aromatic heterocycles. The SMILES string of the molecule is COc1ccc(-c2cnnc(N/N=C/c3ccc(C(=O)O)cc3)n2)cc1. The zero-order chi connectivity index (χ0) is 18.4. The normalized spacial score (nSPS) is 10.7. The van der Waals surface area contributed by atoms with Crippen molar-refractivity contribution in [3.8, 4) is 17.0 Å².